The monoisotopic (exact) mass is 248 g/mol. The lowest BCUT2D eigenvalue weighted by Gasteiger charge is -2.17. The Balaban J connectivity index is 2.09. The molecular weight excluding hydrogens is 232 g/mol. The van der Waals surface area contributed by atoms with E-state index in [-0.39, 0.29) is 12.5 Å². The highest BCUT2D eigenvalue weighted by Gasteiger charge is 2.11. The minimum absolute atomic E-state index is 0.237. The third kappa shape index (κ3) is 2.84. The predicted molar refractivity (Wildman–Crippen MR) is 66.0 cm³/mol. The summed E-state index contributed by atoms with van der Waals surface area (Å²) in [6.45, 7) is 3.64. The third-order valence-electron chi connectivity index (χ3n) is 2.70. The molecule has 6 heteroatoms. The van der Waals surface area contributed by atoms with Crippen LogP contribution in [0, 0.1) is 0 Å². The van der Waals surface area contributed by atoms with Crippen molar-refractivity contribution < 1.29 is 9.53 Å². The molecule has 2 aromatic heterocycles. The van der Waals surface area contributed by atoms with Gasteiger partial charge >= 0.3 is 5.97 Å². The predicted octanol–water partition coefficient (Wildman–Crippen LogP) is 0.724. The van der Waals surface area contributed by atoms with E-state index in [0.29, 0.717) is 12.3 Å². The van der Waals surface area contributed by atoms with Gasteiger partial charge in [0.1, 0.15) is 0 Å². The Morgan fingerprint density at radius 3 is 3.06 bits per heavy atom. The Morgan fingerprint density at radius 2 is 2.39 bits per heavy atom. The quantitative estimate of drug-likeness (QED) is 0.730. The van der Waals surface area contributed by atoms with Gasteiger partial charge < -0.3 is 4.74 Å². The number of carbonyl (C=O) groups excluding carboxylic acids is 1. The maximum atomic E-state index is 11.2. The van der Waals surface area contributed by atoms with E-state index >= 15 is 0 Å². The normalized spacial score (nSPS) is 11.1. The maximum Gasteiger partial charge on any atom is 0.319 e. The number of methoxy groups -OCH3 is 1. The van der Waals surface area contributed by atoms with E-state index < -0.39 is 0 Å². The SMILES string of the molecule is CCN(CC(=O)OC)Cc1cn2cccnc2n1. The fourth-order valence-electron chi connectivity index (χ4n) is 1.71. The minimum atomic E-state index is -0.237. The van der Waals surface area contributed by atoms with Gasteiger partial charge in [0, 0.05) is 25.1 Å². The summed E-state index contributed by atoms with van der Waals surface area (Å²) >= 11 is 0. The molecule has 6 nitrogen and oxygen atoms in total. The van der Waals surface area contributed by atoms with Gasteiger partial charge in [0.05, 0.1) is 19.3 Å². The number of nitrogens with zero attached hydrogens (tertiary/aromatic N) is 4. The fraction of sp³-hybridized carbons (Fsp3) is 0.417. The van der Waals surface area contributed by atoms with E-state index in [1.165, 1.54) is 7.11 Å². The van der Waals surface area contributed by atoms with E-state index in [2.05, 4.69) is 14.7 Å². The number of fused-ring (bicyclic) bond motifs is 1. The smallest absolute Gasteiger partial charge is 0.319 e. The van der Waals surface area contributed by atoms with Crippen molar-refractivity contribution in [2.75, 3.05) is 20.2 Å². The van der Waals surface area contributed by atoms with Gasteiger partial charge in [-0.15, -0.1) is 0 Å². The van der Waals surface area contributed by atoms with Crippen molar-refractivity contribution in [1.29, 1.82) is 0 Å². The van der Waals surface area contributed by atoms with E-state index in [1.54, 1.807) is 6.20 Å². The molecule has 0 aliphatic rings. The summed E-state index contributed by atoms with van der Waals surface area (Å²) in [6, 6.07) is 1.85. The van der Waals surface area contributed by atoms with Crippen molar-refractivity contribution in [1.82, 2.24) is 19.3 Å². The van der Waals surface area contributed by atoms with E-state index in [0.717, 1.165) is 12.2 Å². The summed E-state index contributed by atoms with van der Waals surface area (Å²) in [5.41, 5.74) is 0.888. The first kappa shape index (κ1) is 12.5. The average Bonchev–Trinajstić information content (AvgIpc) is 2.79. The third-order valence-corrected chi connectivity index (χ3v) is 2.70. The van der Waals surface area contributed by atoms with Crippen molar-refractivity contribution >= 4 is 11.7 Å². The first-order chi connectivity index (χ1) is 8.72. The lowest BCUT2D eigenvalue weighted by atomic mass is 10.4. The molecule has 0 saturated carbocycles. The topological polar surface area (TPSA) is 59.7 Å². The molecule has 0 unspecified atom stereocenters. The Labute approximate surface area is 105 Å². The zero-order chi connectivity index (χ0) is 13.0. The van der Waals surface area contributed by atoms with E-state index in [4.69, 9.17) is 0 Å². The first-order valence-electron chi connectivity index (χ1n) is 5.80. The van der Waals surface area contributed by atoms with Gasteiger partial charge in [-0.2, -0.15) is 0 Å². The van der Waals surface area contributed by atoms with Crippen LogP contribution in [0.4, 0.5) is 0 Å². The van der Waals surface area contributed by atoms with Crippen molar-refractivity contribution in [2.24, 2.45) is 0 Å². The standard InChI is InChI=1S/C12H16N4O2/c1-3-15(9-11(17)18-2)7-10-8-16-6-4-5-13-12(16)14-10/h4-6,8H,3,7,9H2,1-2H3. The highest BCUT2D eigenvalue weighted by atomic mass is 16.5. The van der Waals surface area contributed by atoms with Crippen LogP contribution in [0.3, 0.4) is 0 Å². The van der Waals surface area contributed by atoms with Crippen molar-refractivity contribution in [3.63, 3.8) is 0 Å². The van der Waals surface area contributed by atoms with Crippen LogP contribution in [0.2, 0.25) is 0 Å². The van der Waals surface area contributed by atoms with Gasteiger partial charge in [-0.3, -0.25) is 14.1 Å². The van der Waals surface area contributed by atoms with Gasteiger partial charge in [-0.1, -0.05) is 6.92 Å². The van der Waals surface area contributed by atoms with Crippen LogP contribution >= 0.6 is 0 Å². The molecule has 2 heterocycles. The van der Waals surface area contributed by atoms with Crippen LogP contribution in [-0.2, 0) is 16.1 Å². The Bertz CT molecular complexity index is 505. The summed E-state index contributed by atoms with van der Waals surface area (Å²) in [6.07, 6.45) is 5.52. The Hall–Kier alpha value is -1.95. The van der Waals surface area contributed by atoms with Crippen LogP contribution in [-0.4, -0.2) is 45.4 Å². The summed E-state index contributed by atoms with van der Waals surface area (Å²) in [5, 5.41) is 0. The van der Waals surface area contributed by atoms with Crippen molar-refractivity contribution in [3.05, 3.63) is 30.4 Å². The molecule has 0 aromatic carbocycles. The molecular formula is C12H16N4O2. The van der Waals surface area contributed by atoms with E-state index in [1.807, 2.05) is 34.7 Å². The molecule has 2 rings (SSSR count). The number of aromatic nitrogens is 3. The molecule has 0 radical (unpaired) electrons. The number of hydrogen-bond acceptors (Lipinski definition) is 5. The number of imidazole rings is 1. The molecule has 0 bridgehead atoms. The summed E-state index contributed by atoms with van der Waals surface area (Å²) in [7, 11) is 1.39. The molecule has 0 atom stereocenters. The lowest BCUT2D eigenvalue weighted by Crippen LogP contribution is -2.30. The summed E-state index contributed by atoms with van der Waals surface area (Å²) in [5.74, 6) is 0.431. The molecule has 2 aromatic rings. The van der Waals surface area contributed by atoms with Gasteiger partial charge in [0.25, 0.3) is 0 Å². The molecule has 0 N–H and O–H groups in total. The van der Waals surface area contributed by atoms with E-state index in [9.17, 15) is 4.79 Å². The second-order valence-corrected chi connectivity index (χ2v) is 3.94. The highest BCUT2D eigenvalue weighted by Crippen LogP contribution is 2.05. The number of hydrogen-bond donors (Lipinski definition) is 0. The minimum Gasteiger partial charge on any atom is -0.468 e. The largest absolute Gasteiger partial charge is 0.468 e. The fourth-order valence-corrected chi connectivity index (χ4v) is 1.71. The molecule has 0 fully saturated rings. The van der Waals surface area contributed by atoms with Gasteiger partial charge in [-0.25, -0.2) is 9.97 Å². The van der Waals surface area contributed by atoms with Gasteiger partial charge in [-0.05, 0) is 12.6 Å². The highest BCUT2D eigenvalue weighted by molar-refractivity contribution is 5.71. The zero-order valence-corrected chi connectivity index (χ0v) is 10.5. The Morgan fingerprint density at radius 1 is 1.56 bits per heavy atom. The van der Waals surface area contributed by atoms with Crippen LogP contribution in [0.25, 0.3) is 5.78 Å². The van der Waals surface area contributed by atoms with Crippen LogP contribution in [0.15, 0.2) is 24.7 Å². The molecule has 0 saturated heterocycles. The molecule has 18 heavy (non-hydrogen) atoms. The molecule has 0 amide bonds. The first-order valence-corrected chi connectivity index (χ1v) is 5.80. The molecule has 0 spiro atoms. The lowest BCUT2D eigenvalue weighted by molar-refractivity contribution is -0.142. The van der Waals surface area contributed by atoms with Crippen LogP contribution < -0.4 is 0 Å². The second-order valence-electron chi connectivity index (χ2n) is 3.94. The maximum absolute atomic E-state index is 11.2. The zero-order valence-electron chi connectivity index (χ0n) is 10.5. The molecule has 0 aliphatic carbocycles. The molecule has 96 valence electrons. The number of carbonyl (C=O) groups is 1. The average molecular weight is 248 g/mol. The number of likely N-dealkylation sites (N-methyl/N-ethyl adjacent to an activating group) is 1. The van der Waals surface area contributed by atoms with Gasteiger partial charge in [0.2, 0.25) is 5.78 Å². The summed E-state index contributed by atoms with van der Waals surface area (Å²) in [4.78, 5) is 21.8. The molecule has 0 aliphatic heterocycles. The number of rotatable bonds is 5. The summed E-state index contributed by atoms with van der Waals surface area (Å²) < 4.78 is 6.52. The van der Waals surface area contributed by atoms with Crippen molar-refractivity contribution in [3.8, 4) is 0 Å². The van der Waals surface area contributed by atoms with Crippen molar-refractivity contribution in [2.45, 2.75) is 13.5 Å². The Kier molecular flexibility index (Phi) is 3.88. The van der Waals surface area contributed by atoms with Crippen LogP contribution in [0.1, 0.15) is 12.6 Å². The van der Waals surface area contributed by atoms with Gasteiger partial charge in [0.15, 0.2) is 0 Å². The van der Waals surface area contributed by atoms with Crippen LogP contribution in [0.5, 0.6) is 0 Å². The number of esters is 1. The second kappa shape index (κ2) is 5.59. The number of ether oxygens (including phenoxy) is 1.